The van der Waals surface area contributed by atoms with Crippen LogP contribution in [-0.4, -0.2) is 42.2 Å². The molecule has 0 fully saturated rings. The SMILES string of the molecule is CCOC(C)=O.O=c1[nH]c2c([N+](=O)[O-])c([N+](=O)[O-])c([N+](=O)[O-])c([N+](=O)[O-])c2[nH]1. The lowest BCUT2D eigenvalue weighted by molar-refractivity contribution is -0.450. The van der Waals surface area contributed by atoms with Crippen molar-refractivity contribution >= 4 is 39.8 Å². The number of nitro groups is 4. The molecule has 2 aromatic rings. The van der Waals surface area contributed by atoms with E-state index in [1.807, 2.05) is 0 Å². The number of hydrogen-bond acceptors (Lipinski definition) is 11. The van der Waals surface area contributed by atoms with Crippen LogP contribution in [-0.2, 0) is 9.53 Å². The molecule has 17 nitrogen and oxygen atoms in total. The Morgan fingerprint density at radius 1 is 0.821 bits per heavy atom. The second-order valence-corrected chi connectivity index (χ2v) is 4.68. The molecule has 150 valence electrons. The van der Waals surface area contributed by atoms with Gasteiger partial charge in [0, 0.05) is 6.92 Å². The fourth-order valence-electron chi connectivity index (χ4n) is 2.10. The van der Waals surface area contributed by atoms with Crippen molar-refractivity contribution in [1.29, 1.82) is 0 Å². The van der Waals surface area contributed by atoms with E-state index >= 15 is 0 Å². The van der Waals surface area contributed by atoms with Crippen LogP contribution in [0.1, 0.15) is 13.8 Å². The van der Waals surface area contributed by atoms with Gasteiger partial charge in [0.1, 0.15) is 0 Å². The maximum atomic E-state index is 11.2. The third-order valence-electron chi connectivity index (χ3n) is 2.95. The number of aromatic amines is 2. The number of nitrogens with one attached hydrogen (secondary N) is 2. The molecular formula is C11H10N6O11. The highest BCUT2D eigenvalue weighted by Crippen LogP contribution is 2.47. The lowest BCUT2D eigenvalue weighted by Crippen LogP contribution is -2.06. The van der Waals surface area contributed by atoms with Gasteiger partial charge in [-0.05, 0) is 6.92 Å². The molecule has 2 N–H and O–H groups in total. The predicted molar refractivity (Wildman–Crippen MR) is 87.8 cm³/mol. The predicted octanol–water partition coefficient (Wildman–Crippen LogP) is 1.06. The number of esters is 1. The van der Waals surface area contributed by atoms with Crippen LogP contribution in [0, 0.1) is 40.5 Å². The molecule has 0 amide bonds. The molecule has 0 aliphatic rings. The average molecular weight is 402 g/mol. The van der Waals surface area contributed by atoms with Gasteiger partial charge in [0.25, 0.3) is 0 Å². The number of nitro benzene ring substituents is 4. The lowest BCUT2D eigenvalue weighted by atomic mass is 10.1. The highest BCUT2D eigenvalue weighted by atomic mass is 16.7. The summed E-state index contributed by atoms with van der Waals surface area (Å²) in [5.41, 5.74) is -9.13. The Balaban J connectivity index is 0.000000568. The number of imidazole rings is 1. The van der Waals surface area contributed by atoms with Crippen molar-refractivity contribution in [3.05, 3.63) is 50.9 Å². The molecule has 0 bridgehead atoms. The number of benzene rings is 1. The minimum Gasteiger partial charge on any atom is -0.466 e. The summed E-state index contributed by atoms with van der Waals surface area (Å²) in [6, 6.07) is 0. The van der Waals surface area contributed by atoms with Crippen molar-refractivity contribution in [2.45, 2.75) is 13.8 Å². The van der Waals surface area contributed by atoms with Crippen molar-refractivity contribution in [2.75, 3.05) is 6.61 Å². The monoisotopic (exact) mass is 402 g/mol. The normalized spacial score (nSPS) is 9.93. The highest BCUT2D eigenvalue weighted by molar-refractivity contribution is 6.02. The van der Waals surface area contributed by atoms with Crippen molar-refractivity contribution < 1.29 is 29.2 Å². The Labute approximate surface area is 151 Å². The fourth-order valence-corrected chi connectivity index (χ4v) is 2.10. The first-order valence-electron chi connectivity index (χ1n) is 6.96. The summed E-state index contributed by atoms with van der Waals surface area (Å²) in [4.78, 5) is 62.8. The van der Waals surface area contributed by atoms with Crippen molar-refractivity contribution in [3.63, 3.8) is 0 Å². The van der Waals surface area contributed by atoms with Crippen LogP contribution in [0.3, 0.4) is 0 Å². The van der Waals surface area contributed by atoms with Crippen LogP contribution in [0.5, 0.6) is 0 Å². The quantitative estimate of drug-likeness (QED) is 0.406. The minimum absolute atomic E-state index is 0.211. The molecule has 1 aromatic carbocycles. The van der Waals surface area contributed by atoms with E-state index in [4.69, 9.17) is 0 Å². The number of carbonyl (C=O) groups is 1. The maximum absolute atomic E-state index is 11.2. The van der Waals surface area contributed by atoms with Crippen LogP contribution < -0.4 is 5.69 Å². The first-order chi connectivity index (χ1) is 12.9. The molecular weight excluding hydrogens is 392 g/mol. The average Bonchev–Trinajstić information content (AvgIpc) is 2.92. The Kier molecular flexibility index (Phi) is 6.40. The maximum Gasteiger partial charge on any atom is 0.432 e. The van der Waals surface area contributed by atoms with Gasteiger partial charge in [0.15, 0.2) is 11.0 Å². The Hall–Kier alpha value is -4.44. The molecule has 1 heterocycles. The van der Waals surface area contributed by atoms with E-state index in [0.29, 0.717) is 6.61 Å². The van der Waals surface area contributed by atoms with Gasteiger partial charge in [0.2, 0.25) is 0 Å². The number of carbonyl (C=O) groups excluding carboxylic acids is 1. The van der Waals surface area contributed by atoms with E-state index in [-0.39, 0.29) is 5.97 Å². The minimum atomic E-state index is -1.69. The molecule has 0 saturated carbocycles. The van der Waals surface area contributed by atoms with E-state index in [1.165, 1.54) is 6.92 Å². The molecule has 0 radical (unpaired) electrons. The van der Waals surface area contributed by atoms with Gasteiger partial charge in [-0.2, -0.15) is 0 Å². The standard InChI is InChI=1S/C7H2N6O9.C4H8O2/c14-7-8-1-2(9-7)4(11(17)18)6(13(21)22)5(12(19)20)3(1)10(15)16;1-3-6-4(2)5/h(H2,8,9,14);3H2,1-2H3. The zero-order valence-electron chi connectivity index (χ0n) is 14.0. The second-order valence-electron chi connectivity index (χ2n) is 4.68. The van der Waals surface area contributed by atoms with E-state index in [0.717, 1.165) is 0 Å². The van der Waals surface area contributed by atoms with Crippen LogP contribution in [0.4, 0.5) is 22.7 Å². The summed E-state index contributed by atoms with van der Waals surface area (Å²) in [5.74, 6) is -0.211. The number of H-pyrrole nitrogens is 2. The fraction of sp³-hybridized carbons (Fsp3) is 0.273. The topological polar surface area (TPSA) is 248 Å². The molecule has 0 atom stereocenters. The number of nitrogens with zero attached hydrogens (tertiary/aromatic N) is 4. The van der Waals surface area contributed by atoms with E-state index in [9.17, 15) is 50.0 Å². The van der Waals surface area contributed by atoms with Crippen molar-refractivity contribution in [3.8, 4) is 0 Å². The second kappa shape index (κ2) is 8.29. The van der Waals surface area contributed by atoms with Crippen molar-refractivity contribution in [1.82, 2.24) is 9.97 Å². The molecule has 28 heavy (non-hydrogen) atoms. The zero-order valence-corrected chi connectivity index (χ0v) is 14.0. The van der Waals surface area contributed by atoms with Crippen LogP contribution in [0.2, 0.25) is 0 Å². The van der Waals surface area contributed by atoms with Crippen LogP contribution >= 0.6 is 0 Å². The molecule has 0 aliphatic heterocycles. The third kappa shape index (κ3) is 4.20. The summed E-state index contributed by atoms with van der Waals surface area (Å²) in [5, 5.41) is 43.9. The first-order valence-corrected chi connectivity index (χ1v) is 6.96. The van der Waals surface area contributed by atoms with E-state index in [1.54, 1.807) is 16.9 Å². The number of rotatable bonds is 5. The highest BCUT2D eigenvalue weighted by Gasteiger charge is 2.48. The number of aromatic nitrogens is 2. The first kappa shape index (κ1) is 21.6. The third-order valence-corrected chi connectivity index (χ3v) is 2.95. The molecule has 1 aromatic heterocycles. The number of ether oxygens (including phenoxy) is 1. The Morgan fingerprint density at radius 2 is 1.14 bits per heavy atom. The van der Waals surface area contributed by atoms with Crippen molar-refractivity contribution in [2.24, 2.45) is 0 Å². The summed E-state index contributed by atoms with van der Waals surface area (Å²) in [6.45, 7) is 3.65. The lowest BCUT2D eigenvalue weighted by Gasteiger charge is -2.00. The number of fused-ring (bicyclic) bond motifs is 1. The van der Waals surface area contributed by atoms with Gasteiger partial charge in [-0.3, -0.25) is 55.2 Å². The molecule has 0 unspecified atom stereocenters. The van der Waals surface area contributed by atoms with Crippen LogP contribution in [0.25, 0.3) is 11.0 Å². The smallest absolute Gasteiger partial charge is 0.432 e. The zero-order chi connectivity index (χ0) is 21.8. The Morgan fingerprint density at radius 3 is 1.32 bits per heavy atom. The largest absolute Gasteiger partial charge is 0.466 e. The molecule has 0 spiro atoms. The van der Waals surface area contributed by atoms with Gasteiger partial charge in [-0.15, -0.1) is 0 Å². The number of hydrogen-bond donors (Lipinski definition) is 2. The van der Waals surface area contributed by atoms with E-state index < -0.39 is 59.2 Å². The summed E-state index contributed by atoms with van der Waals surface area (Å²) in [6.07, 6.45) is 0. The van der Waals surface area contributed by atoms with Gasteiger partial charge in [0.05, 0.1) is 26.3 Å². The Bertz CT molecular complexity index is 979. The summed E-state index contributed by atoms with van der Waals surface area (Å²) >= 11 is 0. The molecule has 2 rings (SSSR count). The van der Waals surface area contributed by atoms with Gasteiger partial charge in [-0.1, -0.05) is 0 Å². The molecule has 17 heteroatoms. The summed E-state index contributed by atoms with van der Waals surface area (Å²) in [7, 11) is 0. The van der Waals surface area contributed by atoms with Gasteiger partial charge in [-0.25, -0.2) is 4.79 Å². The van der Waals surface area contributed by atoms with Gasteiger partial charge < -0.3 is 4.74 Å². The van der Waals surface area contributed by atoms with E-state index in [2.05, 4.69) is 4.74 Å². The molecule has 0 saturated heterocycles. The van der Waals surface area contributed by atoms with Crippen LogP contribution in [0.15, 0.2) is 4.79 Å². The summed E-state index contributed by atoms with van der Waals surface area (Å²) < 4.78 is 4.40. The van der Waals surface area contributed by atoms with Gasteiger partial charge >= 0.3 is 34.4 Å². The molecule has 0 aliphatic carbocycles.